The average molecular weight is 681 g/mol. The lowest BCUT2D eigenvalue weighted by atomic mass is 9.95. The highest BCUT2D eigenvalue weighted by molar-refractivity contribution is 5.73. The maximum atomic E-state index is 11.5. The largest absolute Gasteiger partial charge is 0.479 e. The molecule has 4 aliphatic rings. The number of hydrogen-bond donors (Lipinski definition) is 14. The molecule has 0 amide bonds. The van der Waals surface area contributed by atoms with E-state index in [4.69, 9.17) is 33.2 Å². The molecule has 4 heterocycles. The lowest BCUT2D eigenvalue weighted by Crippen LogP contribution is -2.68. The quantitative estimate of drug-likeness (QED) is 0.102. The molecular weight excluding hydrogens is 640 g/mol. The van der Waals surface area contributed by atoms with Crippen LogP contribution in [0.15, 0.2) is 0 Å². The zero-order chi connectivity index (χ0) is 34.2. The van der Waals surface area contributed by atoms with Gasteiger partial charge in [-0.05, 0) is 0 Å². The highest BCUT2D eigenvalue weighted by atomic mass is 16.8. The van der Waals surface area contributed by atoms with Crippen LogP contribution in [-0.4, -0.2) is 220 Å². The van der Waals surface area contributed by atoms with Crippen LogP contribution in [0.25, 0.3) is 0 Å². The summed E-state index contributed by atoms with van der Waals surface area (Å²) in [5.74, 6) is -1.76. The van der Waals surface area contributed by atoms with Crippen molar-refractivity contribution in [2.75, 3.05) is 19.8 Å². The summed E-state index contributed by atoms with van der Waals surface area (Å²) in [6.45, 7) is -2.71. The molecule has 20 atom stereocenters. The average Bonchev–Trinajstić information content (AvgIpc) is 3.02. The predicted octanol–water partition coefficient (Wildman–Crippen LogP) is -9.66. The van der Waals surface area contributed by atoms with Gasteiger partial charge < -0.3 is 105 Å². The number of rotatable bonds is 10. The van der Waals surface area contributed by atoms with Gasteiger partial charge in [0, 0.05) is 0 Å². The molecule has 4 aliphatic heterocycles. The van der Waals surface area contributed by atoms with Gasteiger partial charge in [-0.3, -0.25) is 0 Å². The van der Waals surface area contributed by atoms with Crippen molar-refractivity contribution in [1.82, 2.24) is 0 Å². The first-order valence-electron chi connectivity index (χ1n) is 14.1. The Morgan fingerprint density at radius 2 is 0.826 bits per heavy atom. The van der Waals surface area contributed by atoms with E-state index in [0.29, 0.717) is 0 Å². The van der Waals surface area contributed by atoms with Gasteiger partial charge in [0.05, 0.1) is 19.8 Å². The molecule has 268 valence electrons. The highest BCUT2D eigenvalue weighted by Crippen LogP contribution is 2.34. The van der Waals surface area contributed by atoms with Gasteiger partial charge in [0.25, 0.3) is 0 Å². The van der Waals surface area contributed by atoms with E-state index in [1.54, 1.807) is 0 Å². The van der Waals surface area contributed by atoms with Gasteiger partial charge in [0.15, 0.2) is 31.3 Å². The van der Waals surface area contributed by atoms with E-state index in [9.17, 15) is 76.3 Å². The van der Waals surface area contributed by atoms with E-state index in [2.05, 4.69) is 0 Å². The molecule has 0 aromatic heterocycles. The van der Waals surface area contributed by atoms with Gasteiger partial charge >= 0.3 is 5.97 Å². The van der Waals surface area contributed by atoms with Crippen molar-refractivity contribution < 1.29 is 109 Å². The summed E-state index contributed by atoms with van der Waals surface area (Å²) in [5, 5.41) is 143. The SMILES string of the molecule is O=C(O)[C@H]1O[C@@H](O[C@H]2[C@@H](O)[C@@H](CO)O[C@H](O[C@@H]3[C@H](O)[C@@H](O[C@@H]4[C@@H](O)[C@H](O)O[C@H](CO)[C@@H]4O)O[C@H](CO)[C@H]3O)[C@@H]2O)[C@H](O)[C@@H](O)[C@@H]1O. The van der Waals surface area contributed by atoms with Crippen molar-refractivity contribution in [3.63, 3.8) is 0 Å². The zero-order valence-corrected chi connectivity index (χ0v) is 23.7. The molecule has 22 nitrogen and oxygen atoms in total. The Morgan fingerprint density at radius 3 is 1.22 bits per heavy atom. The Hall–Kier alpha value is -1.33. The Bertz CT molecular complexity index is 992. The molecule has 0 unspecified atom stereocenters. The van der Waals surface area contributed by atoms with Crippen LogP contribution in [0.2, 0.25) is 0 Å². The van der Waals surface area contributed by atoms with E-state index in [1.807, 2.05) is 0 Å². The Morgan fingerprint density at radius 1 is 0.457 bits per heavy atom. The van der Waals surface area contributed by atoms with Crippen LogP contribution in [0.5, 0.6) is 0 Å². The van der Waals surface area contributed by atoms with Crippen molar-refractivity contribution in [3.05, 3.63) is 0 Å². The fraction of sp³-hybridized carbons (Fsp3) is 0.958. The molecule has 0 aromatic carbocycles. The molecule has 0 radical (unpaired) electrons. The third-order valence-corrected chi connectivity index (χ3v) is 8.17. The second-order valence-electron chi connectivity index (χ2n) is 11.2. The fourth-order valence-electron chi connectivity index (χ4n) is 5.51. The van der Waals surface area contributed by atoms with Gasteiger partial charge in [0.1, 0.15) is 91.6 Å². The summed E-state index contributed by atoms with van der Waals surface area (Å²) in [6.07, 6.45) is -38.6. The van der Waals surface area contributed by atoms with Crippen LogP contribution in [0, 0.1) is 0 Å². The Labute approximate surface area is 258 Å². The molecule has 4 saturated heterocycles. The number of aliphatic carboxylic acids is 1. The number of ether oxygens (including phenoxy) is 7. The van der Waals surface area contributed by atoms with E-state index < -0.39 is 149 Å². The summed E-state index contributed by atoms with van der Waals surface area (Å²) < 4.78 is 37.0. The standard InChI is InChI=1S/C24H40O22/c25-1-4-7(28)16(13(34)21(39)40-4)43-23-15(36)18(9(30)6(3-27)41-23)45-24-14(35)17(8(29)5(2-26)42-24)44-22-12(33)10(31)11(32)19(46-22)20(37)38/h4-19,21-36,39H,1-3H2,(H,37,38)/t4-,5-,6-,7+,8+,9-,10+,11+,12-,13-,14-,15+,16+,17+,18+,19+,21-,22-,23-,24-/m1/s1. The van der Waals surface area contributed by atoms with Gasteiger partial charge in [-0.25, -0.2) is 4.79 Å². The maximum Gasteiger partial charge on any atom is 0.335 e. The summed E-state index contributed by atoms with van der Waals surface area (Å²) >= 11 is 0. The van der Waals surface area contributed by atoms with Crippen molar-refractivity contribution in [2.45, 2.75) is 123 Å². The van der Waals surface area contributed by atoms with Crippen LogP contribution in [0.4, 0.5) is 0 Å². The molecule has 22 heteroatoms. The van der Waals surface area contributed by atoms with Crippen molar-refractivity contribution in [3.8, 4) is 0 Å². The first-order valence-corrected chi connectivity index (χ1v) is 14.1. The van der Waals surface area contributed by atoms with Crippen LogP contribution < -0.4 is 0 Å². The molecule has 0 bridgehead atoms. The van der Waals surface area contributed by atoms with Crippen molar-refractivity contribution in [1.29, 1.82) is 0 Å². The van der Waals surface area contributed by atoms with E-state index in [0.717, 1.165) is 0 Å². The molecule has 0 aliphatic carbocycles. The van der Waals surface area contributed by atoms with E-state index in [-0.39, 0.29) is 0 Å². The van der Waals surface area contributed by atoms with Crippen molar-refractivity contribution >= 4 is 5.97 Å². The first-order chi connectivity index (χ1) is 21.7. The number of carboxylic acid groups (broad SMARTS) is 1. The molecule has 0 aromatic rings. The predicted molar refractivity (Wildman–Crippen MR) is 134 cm³/mol. The van der Waals surface area contributed by atoms with E-state index >= 15 is 0 Å². The van der Waals surface area contributed by atoms with Gasteiger partial charge in [-0.15, -0.1) is 0 Å². The van der Waals surface area contributed by atoms with E-state index in [1.165, 1.54) is 0 Å². The molecule has 46 heavy (non-hydrogen) atoms. The second kappa shape index (κ2) is 15.5. The van der Waals surface area contributed by atoms with Crippen LogP contribution >= 0.6 is 0 Å². The fourth-order valence-corrected chi connectivity index (χ4v) is 5.51. The van der Waals surface area contributed by atoms with Crippen molar-refractivity contribution in [2.24, 2.45) is 0 Å². The number of carbonyl (C=O) groups is 1. The summed E-state index contributed by atoms with van der Waals surface area (Å²) in [5.41, 5.74) is 0. The Kier molecular flexibility index (Phi) is 12.6. The van der Waals surface area contributed by atoms with Gasteiger partial charge in [-0.1, -0.05) is 0 Å². The molecule has 4 fully saturated rings. The van der Waals surface area contributed by atoms with Gasteiger partial charge in [-0.2, -0.15) is 0 Å². The third-order valence-electron chi connectivity index (χ3n) is 8.17. The highest BCUT2D eigenvalue weighted by Gasteiger charge is 2.55. The van der Waals surface area contributed by atoms with Crippen LogP contribution in [0.3, 0.4) is 0 Å². The molecule has 0 spiro atoms. The number of aliphatic hydroxyl groups excluding tert-OH is 13. The third kappa shape index (κ3) is 7.31. The number of aliphatic hydroxyl groups is 13. The van der Waals surface area contributed by atoms with Gasteiger partial charge in [0.2, 0.25) is 0 Å². The smallest absolute Gasteiger partial charge is 0.335 e. The zero-order valence-electron chi connectivity index (χ0n) is 23.7. The van der Waals surface area contributed by atoms with Crippen LogP contribution in [-0.2, 0) is 38.0 Å². The van der Waals surface area contributed by atoms with Crippen LogP contribution in [0.1, 0.15) is 0 Å². The normalized spacial score (nSPS) is 51.9. The molecular formula is C24H40O22. The summed E-state index contributed by atoms with van der Waals surface area (Å²) in [4.78, 5) is 11.5. The minimum Gasteiger partial charge on any atom is -0.479 e. The molecule has 4 rings (SSSR count). The maximum absolute atomic E-state index is 11.5. The Balaban J connectivity index is 1.54. The molecule has 0 saturated carbocycles. The minimum atomic E-state index is -2.14. The first kappa shape index (κ1) is 37.5. The number of hydrogen-bond acceptors (Lipinski definition) is 21. The lowest BCUT2D eigenvalue weighted by Gasteiger charge is -2.49. The summed E-state index contributed by atoms with van der Waals surface area (Å²) in [6, 6.07) is 0. The number of carboxylic acids is 1. The lowest BCUT2D eigenvalue weighted by molar-refractivity contribution is -0.388. The minimum absolute atomic E-state index is 0.819. The topological polar surface area (TPSA) is 365 Å². The summed E-state index contributed by atoms with van der Waals surface area (Å²) in [7, 11) is 0. The monoisotopic (exact) mass is 680 g/mol. The second-order valence-corrected chi connectivity index (χ2v) is 11.2. The molecule has 14 N–H and O–H groups in total.